The van der Waals surface area contributed by atoms with E-state index in [2.05, 4.69) is 5.32 Å². The van der Waals surface area contributed by atoms with Crippen LogP contribution in [0.25, 0.3) is 0 Å². The van der Waals surface area contributed by atoms with Crippen LogP contribution < -0.4 is 5.32 Å². The van der Waals surface area contributed by atoms with Crippen LogP contribution in [0.2, 0.25) is 5.02 Å². The molecular weight excluding hydrogens is 178 g/mol. The Morgan fingerprint density at radius 1 is 1.58 bits per heavy atom. The summed E-state index contributed by atoms with van der Waals surface area (Å²) >= 11 is 5.67. The highest BCUT2D eigenvalue weighted by Gasteiger charge is 2.08. The minimum atomic E-state index is -0.962. The standard InChI is InChI=1S/C8H8ClNO2/c1-10-7-4-5(9)2-3-6(7)8(11)12/h2-4,10H,1H3,(H,11,12). The van der Waals surface area contributed by atoms with Crippen LogP contribution in [-0.2, 0) is 0 Å². The van der Waals surface area contributed by atoms with Crippen molar-refractivity contribution in [2.75, 3.05) is 12.4 Å². The lowest BCUT2D eigenvalue weighted by Crippen LogP contribution is -2.01. The van der Waals surface area contributed by atoms with E-state index >= 15 is 0 Å². The Hall–Kier alpha value is -1.22. The highest BCUT2D eigenvalue weighted by atomic mass is 35.5. The zero-order valence-electron chi connectivity index (χ0n) is 6.47. The number of hydrogen-bond acceptors (Lipinski definition) is 2. The predicted octanol–water partition coefficient (Wildman–Crippen LogP) is 2.08. The van der Waals surface area contributed by atoms with Gasteiger partial charge in [0.25, 0.3) is 0 Å². The topological polar surface area (TPSA) is 49.3 Å². The normalized spacial score (nSPS) is 9.50. The van der Waals surface area contributed by atoms with Gasteiger partial charge in [0, 0.05) is 17.8 Å². The van der Waals surface area contributed by atoms with Crippen molar-refractivity contribution in [2.24, 2.45) is 0 Å². The molecule has 1 aromatic rings. The SMILES string of the molecule is CNc1cc(Cl)ccc1C(=O)O. The second-order valence-electron chi connectivity index (χ2n) is 2.25. The lowest BCUT2D eigenvalue weighted by molar-refractivity contribution is 0.0698. The highest BCUT2D eigenvalue weighted by molar-refractivity contribution is 6.31. The van der Waals surface area contributed by atoms with Crippen LogP contribution in [0, 0.1) is 0 Å². The first-order valence-electron chi connectivity index (χ1n) is 3.35. The molecule has 0 saturated carbocycles. The van der Waals surface area contributed by atoms with Gasteiger partial charge in [-0.1, -0.05) is 11.6 Å². The third-order valence-corrected chi connectivity index (χ3v) is 1.72. The van der Waals surface area contributed by atoms with E-state index in [1.165, 1.54) is 6.07 Å². The van der Waals surface area contributed by atoms with Crippen molar-refractivity contribution >= 4 is 23.3 Å². The van der Waals surface area contributed by atoms with Crippen molar-refractivity contribution in [1.29, 1.82) is 0 Å². The number of carboxylic acid groups (broad SMARTS) is 1. The fourth-order valence-electron chi connectivity index (χ4n) is 0.910. The number of aromatic carboxylic acids is 1. The van der Waals surface area contributed by atoms with E-state index in [9.17, 15) is 4.79 Å². The molecule has 0 radical (unpaired) electrons. The summed E-state index contributed by atoms with van der Waals surface area (Å²) in [6, 6.07) is 4.59. The second-order valence-corrected chi connectivity index (χ2v) is 2.68. The largest absolute Gasteiger partial charge is 0.478 e. The maximum Gasteiger partial charge on any atom is 0.337 e. The quantitative estimate of drug-likeness (QED) is 0.742. The first-order valence-corrected chi connectivity index (χ1v) is 3.73. The summed E-state index contributed by atoms with van der Waals surface area (Å²) < 4.78 is 0. The van der Waals surface area contributed by atoms with Crippen LogP contribution in [0.3, 0.4) is 0 Å². The molecule has 0 spiro atoms. The van der Waals surface area contributed by atoms with Gasteiger partial charge in [-0.25, -0.2) is 4.79 Å². The number of nitrogens with one attached hydrogen (secondary N) is 1. The zero-order valence-corrected chi connectivity index (χ0v) is 7.22. The van der Waals surface area contributed by atoms with Crippen LogP contribution in [0.15, 0.2) is 18.2 Å². The van der Waals surface area contributed by atoms with Gasteiger partial charge < -0.3 is 10.4 Å². The van der Waals surface area contributed by atoms with Crippen LogP contribution in [0.5, 0.6) is 0 Å². The van der Waals surface area contributed by atoms with E-state index in [0.717, 1.165) is 0 Å². The molecule has 2 N–H and O–H groups in total. The summed E-state index contributed by atoms with van der Waals surface area (Å²) in [6.45, 7) is 0. The number of carboxylic acids is 1. The molecule has 1 aromatic carbocycles. The average molecular weight is 186 g/mol. The molecule has 0 atom stereocenters. The van der Waals surface area contributed by atoms with Gasteiger partial charge in [0.2, 0.25) is 0 Å². The summed E-state index contributed by atoms with van der Waals surface area (Å²) in [5, 5.41) is 12.0. The van der Waals surface area contributed by atoms with E-state index in [-0.39, 0.29) is 5.56 Å². The van der Waals surface area contributed by atoms with E-state index in [1.807, 2.05) is 0 Å². The molecule has 1 rings (SSSR count). The van der Waals surface area contributed by atoms with Gasteiger partial charge in [0.1, 0.15) is 0 Å². The third kappa shape index (κ3) is 1.68. The molecule has 0 aliphatic rings. The van der Waals surface area contributed by atoms with E-state index in [4.69, 9.17) is 16.7 Å². The molecule has 0 heterocycles. The van der Waals surface area contributed by atoms with Crippen LogP contribution in [0.1, 0.15) is 10.4 Å². The molecule has 0 saturated heterocycles. The average Bonchev–Trinajstić information content (AvgIpc) is 2.03. The Morgan fingerprint density at radius 3 is 2.75 bits per heavy atom. The summed E-state index contributed by atoms with van der Waals surface area (Å²) in [4.78, 5) is 10.6. The molecular formula is C8H8ClNO2. The summed E-state index contributed by atoms with van der Waals surface area (Å²) in [6.07, 6.45) is 0. The van der Waals surface area contributed by atoms with Crippen LogP contribution in [0.4, 0.5) is 5.69 Å². The maximum atomic E-state index is 10.6. The molecule has 0 unspecified atom stereocenters. The Balaban J connectivity index is 3.20. The van der Waals surface area contributed by atoms with Crippen LogP contribution >= 0.6 is 11.6 Å². The second kappa shape index (κ2) is 3.45. The third-order valence-electron chi connectivity index (χ3n) is 1.48. The fourth-order valence-corrected chi connectivity index (χ4v) is 1.08. The van der Waals surface area contributed by atoms with Crippen molar-refractivity contribution in [3.05, 3.63) is 28.8 Å². The number of benzene rings is 1. The van der Waals surface area contributed by atoms with Gasteiger partial charge in [-0.3, -0.25) is 0 Å². The monoisotopic (exact) mass is 185 g/mol. The van der Waals surface area contributed by atoms with Gasteiger partial charge in [-0.05, 0) is 18.2 Å². The smallest absolute Gasteiger partial charge is 0.337 e. The predicted molar refractivity (Wildman–Crippen MR) is 48.0 cm³/mol. The van der Waals surface area contributed by atoms with Gasteiger partial charge in [-0.2, -0.15) is 0 Å². The molecule has 12 heavy (non-hydrogen) atoms. The molecule has 0 aliphatic heterocycles. The van der Waals surface area contributed by atoms with E-state index in [1.54, 1.807) is 19.2 Å². The molecule has 0 aliphatic carbocycles. The fraction of sp³-hybridized carbons (Fsp3) is 0.125. The van der Waals surface area contributed by atoms with E-state index < -0.39 is 5.97 Å². The van der Waals surface area contributed by atoms with Crippen molar-refractivity contribution in [2.45, 2.75) is 0 Å². The molecule has 64 valence electrons. The van der Waals surface area contributed by atoms with Gasteiger partial charge >= 0.3 is 5.97 Å². The first-order chi connectivity index (χ1) is 5.65. The molecule has 3 nitrogen and oxygen atoms in total. The van der Waals surface area contributed by atoms with Crippen molar-refractivity contribution < 1.29 is 9.90 Å². The van der Waals surface area contributed by atoms with Gasteiger partial charge in [0.05, 0.1) is 5.56 Å². The molecule has 0 aromatic heterocycles. The Labute approximate surface area is 75.0 Å². The number of carbonyl (C=O) groups is 1. The zero-order chi connectivity index (χ0) is 9.14. The highest BCUT2D eigenvalue weighted by Crippen LogP contribution is 2.20. The van der Waals surface area contributed by atoms with Crippen molar-refractivity contribution in [3.63, 3.8) is 0 Å². The molecule has 4 heteroatoms. The number of halogens is 1. The van der Waals surface area contributed by atoms with Crippen molar-refractivity contribution in [3.8, 4) is 0 Å². The summed E-state index contributed by atoms with van der Waals surface area (Å²) in [5.41, 5.74) is 0.747. The lowest BCUT2D eigenvalue weighted by Gasteiger charge is -2.04. The molecule has 0 amide bonds. The summed E-state index contributed by atoms with van der Waals surface area (Å²) in [5.74, 6) is -0.962. The Bertz CT molecular complexity index is 312. The minimum absolute atomic E-state index is 0.224. The summed E-state index contributed by atoms with van der Waals surface area (Å²) in [7, 11) is 1.65. The Morgan fingerprint density at radius 2 is 2.25 bits per heavy atom. The van der Waals surface area contributed by atoms with Gasteiger partial charge in [-0.15, -0.1) is 0 Å². The lowest BCUT2D eigenvalue weighted by atomic mass is 10.2. The van der Waals surface area contributed by atoms with Gasteiger partial charge in [0.15, 0.2) is 0 Å². The minimum Gasteiger partial charge on any atom is -0.478 e. The molecule has 0 fully saturated rings. The maximum absolute atomic E-state index is 10.6. The first kappa shape index (κ1) is 8.87. The molecule has 0 bridgehead atoms. The van der Waals surface area contributed by atoms with E-state index in [0.29, 0.717) is 10.7 Å². The van der Waals surface area contributed by atoms with Crippen molar-refractivity contribution in [1.82, 2.24) is 0 Å². The number of rotatable bonds is 2. The Kier molecular flexibility index (Phi) is 2.55. The number of anilines is 1. The number of hydrogen-bond donors (Lipinski definition) is 2. The van der Waals surface area contributed by atoms with Crippen LogP contribution in [-0.4, -0.2) is 18.1 Å².